The average Bonchev–Trinajstić information content (AvgIpc) is 2.75. The molecular weight excluding hydrogens is 492 g/mol. The molecule has 0 radical (unpaired) electrons. The number of nitrogens with zero attached hydrogens (tertiary/aromatic N) is 2. The Balaban J connectivity index is 2.30. The van der Waals surface area contributed by atoms with E-state index >= 15 is 0 Å². The number of halogens is 4. The van der Waals surface area contributed by atoms with Crippen LogP contribution in [0.3, 0.4) is 0 Å². The molecule has 0 spiro atoms. The third-order valence-electron chi connectivity index (χ3n) is 5.54. The summed E-state index contributed by atoms with van der Waals surface area (Å²) in [6, 6.07) is 0. The van der Waals surface area contributed by atoms with E-state index < -0.39 is 76.3 Å². The fourth-order valence-corrected chi connectivity index (χ4v) is 3.42. The van der Waals surface area contributed by atoms with E-state index in [9.17, 15) is 27.2 Å². The number of rotatable bonds is 6. The lowest BCUT2D eigenvalue weighted by molar-refractivity contribution is -0.154. The molecule has 0 N–H and O–H groups in total. The zero-order valence-corrected chi connectivity index (χ0v) is 22.7. The summed E-state index contributed by atoms with van der Waals surface area (Å²) in [5, 5.41) is 0. The Morgan fingerprint density at radius 3 is 1.51 bits per heavy atom. The van der Waals surface area contributed by atoms with Crippen molar-refractivity contribution in [2.24, 2.45) is 10.8 Å². The van der Waals surface area contributed by atoms with Crippen LogP contribution in [-0.4, -0.2) is 21.9 Å². The summed E-state index contributed by atoms with van der Waals surface area (Å²) in [4.78, 5) is 33.5. The number of aromatic nitrogens is 2. The Kier molecular flexibility index (Phi) is 8.77. The molecule has 0 aliphatic heterocycles. The van der Waals surface area contributed by atoms with Gasteiger partial charge in [-0.25, -0.2) is 27.5 Å². The van der Waals surface area contributed by atoms with Crippen LogP contribution in [0.15, 0.2) is 12.4 Å². The minimum absolute atomic E-state index is 0.323. The first-order chi connectivity index (χ1) is 16.8. The number of hydrogen-bond donors (Lipinski definition) is 0. The highest BCUT2D eigenvalue weighted by atomic mass is 19.2. The number of esters is 2. The lowest BCUT2D eigenvalue weighted by atomic mass is 9.77. The maximum Gasteiger partial charge on any atom is 0.314 e. The Hall–Kier alpha value is -3.04. The summed E-state index contributed by atoms with van der Waals surface area (Å²) in [6.45, 7) is 13.5. The SMILES string of the molecule is CC(C)(C)C(=O)OCc1c(F)c(F)c(COC(=O)C(c2cnc(C(C)(C)C)nc2)C(C)(C)C)c(F)c1F. The van der Waals surface area contributed by atoms with E-state index in [1.165, 1.54) is 33.2 Å². The molecule has 2 rings (SSSR count). The van der Waals surface area contributed by atoms with Crippen molar-refractivity contribution in [1.29, 1.82) is 0 Å². The highest BCUT2D eigenvalue weighted by Crippen LogP contribution is 2.36. The molecule has 0 bridgehead atoms. The molecule has 37 heavy (non-hydrogen) atoms. The quantitative estimate of drug-likeness (QED) is 0.250. The Labute approximate surface area is 214 Å². The third kappa shape index (κ3) is 7.05. The van der Waals surface area contributed by atoms with Crippen LogP contribution >= 0.6 is 0 Å². The number of hydrogen-bond acceptors (Lipinski definition) is 6. The first kappa shape index (κ1) is 30.2. The minimum atomic E-state index is -1.74. The number of carbonyl (C=O) groups excluding carboxylic acids is 2. The largest absolute Gasteiger partial charge is 0.460 e. The van der Waals surface area contributed by atoms with Crippen molar-refractivity contribution in [2.75, 3.05) is 0 Å². The molecule has 0 aliphatic carbocycles. The highest BCUT2D eigenvalue weighted by Gasteiger charge is 2.36. The Morgan fingerprint density at radius 1 is 0.757 bits per heavy atom. The predicted octanol–water partition coefficient (Wildman–Crippen LogP) is 6.29. The number of carbonyl (C=O) groups is 2. The maximum absolute atomic E-state index is 14.7. The van der Waals surface area contributed by atoms with Gasteiger partial charge in [-0.2, -0.15) is 0 Å². The first-order valence-electron chi connectivity index (χ1n) is 11.8. The van der Waals surface area contributed by atoms with Crippen molar-refractivity contribution in [3.8, 4) is 0 Å². The normalized spacial score (nSPS) is 13.3. The molecule has 0 saturated heterocycles. The zero-order chi connectivity index (χ0) is 28.5. The summed E-state index contributed by atoms with van der Waals surface area (Å²) in [5.41, 5.74) is -3.78. The smallest absolute Gasteiger partial charge is 0.314 e. The molecule has 1 unspecified atom stereocenters. The Morgan fingerprint density at radius 2 is 1.16 bits per heavy atom. The summed E-state index contributed by atoms with van der Waals surface area (Å²) >= 11 is 0. The van der Waals surface area contributed by atoms with Crippen molar-refractivity contribution in [3.63, 3.8) is 0 Å². The number of benzene rings is 1. The fourth-order valence-electron chi connectivity index (χ4n) is 3.42. The van der Waals surface area contributed by atoms with Crippen LogP contribution in [0.2, 0.25) is 0 Å². The van der Waals surface area contributed by atoms with Gasteiger partial charge in [-0.05, 0) is 26.2 Å². The predicted molar refractivity (Wildman–Crippen MR) is 128 cm³/mol. The van der Waals surface area contributed by atoms with E-state index in [0.717, 1.165) is 0 Å². The van der Waals surface area contributed by atoms with Gasteiger partial charge in [0.25, 0.3) is 0 Å². The van der Waals surface area contributed by atoms with E-state index in [1.54, 1.807) is 20.8 Å². The van der Waals surface area contributed by atoms with Crippen molar-refractivity contribution in [2.45, 2.75) is 86.9 Å². The van der Waals surface area contributed by atoms with Gasteiger partial charge in [-0.1, -0.05) is 41.5 Å². The van der Waals surface area contributed by atoms with Gasteiger partial charge in [0.1, 0.15) is 19.0 Å². The molecule has 1 aromatic heterocycles. The highest BCUT2D eigenvalue weighted by molar-refractivity contribution is 5.79. The van der Waals surface area contributed by atoms with Crippen molar-refractivity contribution in [3.05, 3.63) is 58.2 Å². The van der Waals surface area contributed by atoms with E-state index in [2.05, 4.69) is 9.97 Å². The standard InChI is InChI=1S/C27H34F4N2O4/c1-25(2,3)17(14-10-32-23(33-11-14)26(4,5)6)22(34)36-12-15-18(28)20(30)16(21(31)19(15)29)13-37-24(35)27(7,8)9/h10-11,17H,12-13H2,1-9H3. The summed E-state index contributed by atoms with van der Waals surface area (Å²) in [5.74, 6) is -8.99. The second-order valence-electron chi connectivity index (χ2n) is 12.0. The van der Waals surface area contributed by atoms with Gasteiger partial charge in [0.15, 0.2) is 23.3 Å². The second kappa shape index (κ2) is 10.8. The molecule has 1 aromatic carbocycles. The number of ether oxygens (including phenoxy) is 2. The third-order valence-corrected chi connectivity index (χ3v) is 5.54. The van der Waals surface area contributed by atoms with Gasteiger partial charge < -0.3 is 9.47 Å². The molecule has 0 fully saturated rings. The van der Waals surface area contributed by atoms with Crippen LogP contribution in [0.5, 0.6) is 0 Å². The Bertz CT molecular complexity index is 1130. The van der Waals surface area contributed by atoms with Crippen molar-refractivity contribution < 1.29 is 36.6 Å². The van der Waals surface area contributed by atoms with Gasteiger partial charge in [-0.3, -0.25) is 9.59 Å². The van der Waals surface area contributed by atoms with Crippen LogP contribution < -0.4 is 0 Å². The topological polar surface area (TPSA) is 78.4 Å². The fraction of sp³-hybridized carbons (Fsp3) is 0.556. The van der Waals surface area contributed by atoms with Gasteiger partial charge in [-0.15, -0.1) is 0 Å². The summed E-state index contributed by atoms with van der Waals surface area (Å²) < 4.78 is 68.5. The molecule has 1 atom stereocenters. The lowest BCUT2D eigenvalue weighted by Crippen LogP contribution is -2.29. The molecule has 6 nitrogen and oxygen atoms in total. The first-order valence-corrected chi connectivity index (χ1v) is 11.8. The molecule has 0 amide bonds. The van der Waals surface area contributed by atoms with E-state index in [0.29, 0.717) is 11.4 Å². The van der Waals surface area contributed by atoms with E-state index in [4.69, 9.17) is 9.47 Å². The molecule has 0 saturated carbocycles. The van der Waals surface area contributed by atoms with Crippen LogP contribution in [0.25, 0.3) is 0 Å². The molecule has 1 heterocycles. The summed E-state index contributed by atoms with van der Waals surface area (Å²) in [6.07, 6.45) is 2.97. The molecule has 0 aliphatic rings. The van der Waals surface area contributed by atoms with Crippen LogP contribution in [0, 0.1) is 34.1 Å². The van der Waals surface area contributed by atoms with Crippen molar-refractivity contribution >= 4 is 11.9 Å². The minimum Gasteiger partial charge on any atom is -0.460 e. The van der Waals surface area contributed by atoms with Crippen LogP contribution in [0.1, 0.15) is 90.7 Å². The molecule has 204 valence electrons. The van der Waals surface area contributed by atoms with Crippen LogP contribution in [0.4, 0.5) is 17.6 Å². The van der Waals surface area contributed by atoms with Gasteiger partial charge in [0.2, 0.25) is 0 Å². The zero-order valence-electron chi connectivity index (χ0n) is 22.7. The monoisotopic (exact) mass is 526 g/mol. The molecule has 10 heteroatoms. The lowest BCUT2D eigenvalue weighted by Gasteiger charge is -2.29. The summed E-state index contributed by atoms with van der Waals surface area (Å²) in [7, 11) is 0. The maximum atomic E-state index is 14.7. The van der Waals surface area contributed by atoms with Gasteiger partial charge in [0, 0.05) is 23.4 Å². The van der Waals surface area contributed by atoms with E-state index in [-0.39, 0.29) is 5.41 Å². The van der Waals surface area contributed by atoms with E-state index in [1.807, 2.05) is 20.8 Å². The van der Waals surface area contributed by atoms with Crippen molar-refractivity contribution in [1.82, 2.24) is 9.97 Å². The second-order valence-corrected chi connectivity index (χ2v) is 12.0. The molecule has 2 aromatic rings. The molecular formula is C27H34F4N2O4. The van der Waals surface area contributed by atoms with Gasteiger partial charge in [0.05, 0.1) is 22.5 Å². The average molecular weight is 527 g/mol. The van der Waals surface area contributed by atoms with Crippen LogP contribution in [-0.2, 0) is 37.7 Å². The van der Waals surface area contributed by atoms with Gasteiger partial charge >= 0.3 is 11.9 Å².